The molecule has 2 aromatic carbocycles. The summed E-state index contributed by atoms with van der Waals surface area (Å²) in [5, 5.41) is 3.65. The van der Waals surface area contributed by atoms with Gasteiger partial charge in [0.2, 0.25) is 0 Å². The summed E-state index contributed by atoms with van der Waals surface area (Å²) in [5.74, 6) is -0.351. The summed E-state index contributed by atoms with van der Waals surface area (Å²) in [6.07, 6.45) is 10.6. The molecular weight excluding hydrogens is 444 g/mol. The van der Waals surface area contributed by atoms with E-state index in [4.69, 9.17) is 14.2 Å². The number of anilines is 2. The smallest absolute Gasteiger partial charge is 0.355 e. The van der Waals surface area contributed by atoms with Gasteiger partial charge >= 0.3 is 11.9 Å². The molecule has 182 valence electrons. The van der Waals surface area contributed by atoms with Crippen LogP contribution in [0, 0.1) is 0 Å². The summed E-state index contributed by atoms with van der Waals surface area (Å²) in [4.78, 5) is 26.8. The zero-order valence-electron chi connectivity index (χ0n) is 20.2. The van der Waals surface area contributed by atoms with E-state index in [0.29, 0.717) is 6.04 Å². The maximum absolute atomic E-state index is 12.7. The fourth-order valence-corrected chi connectivity index (χ4v) is 4.51. The van der Waals surface area contributed by atoms with Gasteiger partial charge in [-0.05, 0) is 67.2 Å². The van der Waals surface area contributed by atoms with Crippen LogP contribution in [0.3, 0.4) is 0 Å². The van der Waals surface area contributed by atoms with E-state index in [-0.39, 0.29) is 11.3 Å². The molecule has 1 N–H and O–H groups in total. The van der Waals surface area contributed by atoms with Crippen molar-refractivity contribution in [3.8, 4) is 5.75 Å². The Balaban J connectivity index is 1.54. The minimum atomic E-state index is -0.619. The Kier molecular flexibility index (Phi) is 7.55. The van der Waals surface area contributed by atoms with Crippen LogP contribution in [-0.2, 0) is 31.9 Å². The van der Waals surface area contributed by atoms with Gasteiger partial charge < -0.3 is 24.4 Å². The Bertz CT molecular complexity index is 1180. The number of hydrogen-bond acceptors (Lipinski definition) is 7. The molecule has 0 fully saturated rings. The number of nitrogens with one attached hydrogen (secondary N) is 1. The van der Waals surface area contributed by atoms with E-state index >= 15 is 0 Å². The number of methoxy groups -OCH3 is 3. The molecular formula is C28H30N2O5. The molecule has 2 aliphatic rings. The number of carbonyl (C=O) groups excluding carboxylic acids is 2. The van der Waals surface area contributed by atoms with E-state index < -0.39 is 11.9 Å². The van der Waals surface area contributed by atoms with Gasteiger partial charge in [0.25, 0.3) is 0 Å². The van der Waals surface area contributed by atoms with E-state index in [9.17, 15) is 9.59 Å². The largest absolute Gasteiger partial charge is 0.495 e. The van der Waals surface area contributed by atoms with Crippen molar-refractivity contribution in [3.63, 3.8) is 0 Å². The van der Waals surface area contributed by atoms with Crippen molar-refractivity contribution in [3.05, 3.63) is 89.3 Å². The third-order valence-electron chi connectivity index (χ3n) is 6.30. The highest BCUT2D eigenvalue weighted by atomic mass is 16.5. The number of aryl methyl sites for hydroxylation is 2. The lowest BCUT2D eigenvalue weighted by Crippen LogP contribution is -2.27. The average Bonchev–Trinajstić information content (AvgIpc) is 3.14. The molecule has 0 bridgehead atoms. The van der Waals surface area contributed by atoms with Crippen LogP contribution in [0.1, 0.15) is 24.0 Å². The number of nitrogens with zero attached hydrogens (tertiary/aromatic N) is 1. The Labute approximate surface area is 205 Å². The molecule has 1 atom stereocenters. The maximum atomic E-state index is 12.7. The summed E-state index contributed by atoms with van der Waals surface area (Å²) < 4.78 is 15.4. The van der Waals surface area contributed by atoms with Gasteiger partial charge in [-0.1, -0.05) is 30.3 Å². The number of hydrogen-bond donors (Lipinski definition) is 1. The monoisotopic (exact) mass is 474 g/mol. The summed E-state index contributed by atoms with van der Waals surface area (Å²) in [6.45, 7) is 0. The second kappa shape index (κ2) is 11.0. The van der Waals surface area contributed by atoms with Crippen LogP contribution in [0.25, 0.3) is 0 Å². The lowest BCUT2D eigenvalue weighted by Gasteiger charge is -2.28. The van der Waals surface area contributed by atoms with Gasteiger partial charge in [-0.15, -0.1) is 0 Å². The van der Waals surface area contributed by atoms with Crippen LogP contribution in [0.15, 0.2) is 78.2 Å². The topological polar surface area (TPSA) is 77.1 Å². The molecule has 0 spiro atoms. The third kappa shape index (κ3) is 5.24. The highest BCUT2D eigenvalue weighted by Crippen LogP contribution is 2.35. The number of benzene rings is 2. The van der Waals surface area contributed by atoms with Crippen molar-refractivity contribution in [1.29, 1.82) is 0 Å². The molecule has 0 aliphatic carbocycles. The molecule has 7 heteroatoms. The van der Waals surface area contributed by atoms with Gasteiger partial charge in [0.1, 0.15) is 11.4 Å². The van der Waals surface area contributed by atoms with Crippen LogP contribution < -0.4 is 15.0 Å². The van der Waals surface area contributed by atoms with Crippen LogP contribution in [0.4, 0.5) is 11.4 Å². The molecule has 35 heavy (non-hydrogen) atoms. The molecule has 4 rings (SSSR count). The molecule has 0 saturated carbocycles. The van der Waals surface area contributed by atoms with E-state index in [0.717, 1.165) is 48.4 Å². The molecule has 0 saturated heterocycles. The van der Waals surface area contributed by atoms with Gasteiger partial charge in [0.05, 0.1) is 32.6 Å². The summed E-state index contributed by atoms with van der Waals surface area (Å²) in [6, 6.07) is 14.4. The minimum Gasteiger partial charge on any atom is -0.495 e. The van der Waals surface area contributed by atoms with Crippen molar-refractivity contribution in [2.75, 3.05) is 31.5 Å². The van der Waals surface area contributed by atoms with Crippen LogP contribution >= 0.6 is 0 Å². The van der Waals surface area contributed by atoms with Crippen LogP contribution in [-0.4, -0.2) is 39.3 Å². The first-order valence-electron chi connectivity index (χ1n) is 11.6. The molecule has 2 heterocycles. The zero-order valence-corrected chi connectivity index (χ0v) is 20.2. The van der Waals surface area contributed by atoms with Gasteiger partial charge in [-0.2, -0.15) is 0 Å². The highest BCUT2D eigenvalue weighted by molar-refractivity contribution is 6.05. The Morgan fingerprint density at radius 3 is 2.60 bits per heavy atom. The van der Waals surface area contributed by atoms with Crippen molar-refractivity contribution >= 4 is 23.3 Å². The molecule has 0 aromatic heterocycles. The number of carbonyl (C=O) groups is 2. The first-order valence-corrected chi connectivity index (χ1v) is 11.6. The first-order chi connectivity index (χ1) is 17.0. The van der Waals surface area contributed by atoms with Crippen molar-refractivity contribution in [2.45, 2.75) is 31.7 Å². The maximum Gasteiger partial charge on any atom is 0.355 e. The fraction of sp³-hybridized carbons (Fsp3) is 0.286. The SMILES string of the molecule is COC(=O)C1=C(C(=O)OC)N(c2cccc(CCC3CCc4cccc(OC)c4N3)c2)C=CC=C1. The highest BCUT2D eigenvalue weighted by Gasteiger charge is 2.27. The van der Waals surface area contributed by atoms with Crippen molar-refractivity contribution in [2.24, 2.45) is 0 Å². The number of fused-ring (bicyclic) bond motifs is 1. The number of esters is 2. The van der Waals surface area contributed by atoms with E-state index in [1.807, 2.05) is 30.3 Å². The minimum absolute atomic E-state index is 0.110. The molecule has 0 amide bonds. The Morgan fingerprint density at radius 2 is 1.83 bits per heavy atom. The Morgan fingerprint density at radius 1 is 1.03 bits per heavy atom. The normalized spacial score (nSPS) is 16.8. The van der Waals surface area contributed by atoms with Gasteiger partial charge in [0, 0.05) is 17.9 Å². The molecule has 0 radical (unpaired) electrons. The number of rotatable bonds is 7. The molecule has 1 unspecified atom stereocenters. The molecule has 7 nitrogen and oxygen atoms in total. The first kappa shape index (κ1) is 24.1. The fourth-order valence-electron chi connectivity index (χ4n) is 4.51. The van der Waals surface area contributed by atoms with Gasteiger partial charge in [-0.3, -0.25) is 0 Å². The second-order valence-corrected chi connectivity index (χ2v) is 8.40. The number of allylic oxidation sites excluding steroid dienone is 2. The lowest BCUT2D eigenvalue weighted by atomic mass is 9.93. The van der Waals surface area contributed by atoms with E-state index in [2.05, 4.69) is 17.4 Å². The molecule has 2 aromatic rings. The van der Waals surface area contributed by atoms with Gasteiger partial charge in [0.15, 0.2) is 0 Å². The Hall–Kier alpha value is -4.00. The molecule has 2 aliphatic heterocycles. The number of para-hydroxylation sites is 1. The third-order valence-corrected chi connectivity index (χ3v) is 6.30. The van der Waals surface area contributed by atoms with E-state index in [1.54, 1.807) is 36.4 Å². The summed E-state index contributed by atoms with van der Waals surface area (Å²) >= 11 is 0. The second-order valence-electron chi connectivity index (χ2n) is 8.40. The quantitative estimate of drug-likeness (QED) is 0.590. The predicted molar refractivity (Wildman–Crippen MR) is 135 cm³/mol. The van der Waals surface area contributed by atoms with Crippen LogP contribution in [0.2, 0.25) is 0 Å². The summed E-state index contributed by atoms with van der Waals surface area (Å²) in [5.41, 5.74) is 4.50. The standard InChI is InChI=1S/C28H30N2O5/c1-33-24-12-7-9-20-14-16-21(29-25(20)24)15-13-19-8-6-10-22(18-19)30-17-5-4-11-23(27(31)34-2)26(30)28(32)35-3/h4-12,17-18,21,29H,13-16H2,1-3H3. The zero-order chi connectivity index (χ0) is 24.8. The summed E-state index contributed by atoms with van der Waals surface area (Å²) in [7, 11) is 4.28. The predicted octanol–water partition coefficient (Wildman–Crippen LogP) is 4.54. The van der Waals surface area contributed by atoms with Crippen LogP contribution in [0.5, 0.6) is 5.75 Å². The van der Waals surface area contributed by atoms with E-state index in [1.165, 1.54) is 19.8 Å². The lowest BCUT2D eigenvalue weighted by molar-refractivity contribution is -0.139. The van der Waals surface area contributed by atoms with Crippen molar-refractivity contribution < 1.29 is 23.8 Å². The van der Waals surface area contributed by atoms with Gasteiger partial charge in [-0.25, -0.2) is 9.59 Å². The van der Waals surface area contributed by atoms with Crippen molar-refractivity contribution in [1.82, 2.24) is 0 Å². The average molecular weight is 475 g/mol. The number of ether oxygens (including phenoxy) is 3.